The number of hydrogen-bond acceptors (Lipinski definition) is 6. The first kappa shape index (κ1) is 15.9. The summed E-state index contributed by atoms with van der Waals surface area (Å²) in [4.78, 5) is 28.0. The minimum atomic E-state index is -0.346. The standard InChI is InChI=1S/C16H20N4O2S/c1-19(2)12-5-6-20(9-12)13-4-3-11(17)7-10(13)8-14-15(21)18-16(22)23-14/h3-4,7-8,12H,5-6,9,17H2,1-2H3,(H,18,21,22)/b14-8-. The highest BCUT2D eigenvalue weighted by Crippen LogP contribution is 2.32. The van der Waals surface area contributed by atoms with Crippen LogP contribution in [0, 0.1) is 0 Å². The summed E-state index contributed by atoms with van der Waals surface area (Å²) >= 11 is 0.925. The van der Waals surface area contributed by atoms with Crippen LogP contribution in [0.2, 0.25) is 0 Å². The van der Waals surface area contributed by atoms with E-state index in [0.29, 0.717) is 16.6 Å². The van der Waals surface area contributed by atoms with Gasteiger partial charge in [-0.05, 0) is 56.6 Å². The monoisotopic (exact) mass is 332 g/mol. The summed E-state index contributed by atoms with van der Waals surface area (Å²) in [6, 6.07) is 6.22. The smallest absolute Gasteiger partial charge is 0.290 e. The van der Waals surface area contributed by atoms with Crippen molar-refractivity contribution in [3.05, 3.63) is 28.7 Å². The van der Waals surface area contributed by atoms with E-state index in [-0.39, 0.29) is 11.1 Å². The van der Waals surface area contributed by atoms with Gasteiger partial charge in [-0.2, -0.15) is 0 Å². The molecular weight excluding hydrogens is 312 g/mol. The molecule has 2 aliphatic heterocycles. The van der Waals surface area contributed by atoms with Gasteiger partial charge in [0.15, 0.2) is 0 Å². The Morgan fingerprint density at radius 3 is 2.78 bits per heavy atom. The molecule has 1 unspecified atom stereocenters. The Kier molecular flexibility index (Phi) is 4.32. The Morgan fingerprint density at radius 2 is 2.17 bits per heavy atom. The molecule has 0 spiro atoms. The van der Waals surface area contributed by atoms with E-state index >= 15 is 0 Å². The lowest BCUT2D eigenvalue weighted by Gasteiger charge is -2.23. The summed E-state index contributed by atoms with van der Waals surface area (Å²) < 4.78 is 0. The highest BCUT2D eigenvalue weighted by atomic mass is 32.2. The predicted molar refractivity (Wildman–Crippen MR) is 94.3 cm³/mol. The predicted octanol–water partition coefficient (Wildman–Crippen LogP) is 1.73. The maximum absolute atomic E-state index is 11.8. The number of rotatable bonds is 3. The molecule has 7 heteroatoms. The van der Waals surface area contributed by atoms with Crippen LogP contribution in [0.3, 0.4) is 0 Å². The molecule has 3 rings (SSSR count). The molecular formula is C16H20N4O2S. The number of hydrogen-bond donors (Lipinski definition) is 2. The highest BCUT2D eigenvalue weighted by Gasteiger charge is 2.28. The van der Waals surface area contributed by atoms with Gasteiger partial charge in [-0.25, -0.2) is 0 Å². The van der Waals surface area contributed by atoms with E-state index in [1.807, 2.05) is 18.2 Å². The summed E-state index contributed by atoms with van der Waals surface area (Å²) in [5.74, 6) is -0.346. The highest BCUT2D eigenvalue weighted by molar-refractivity contribution is 8.18. The molecule has 2 amide bonds. The Morgan fingerprint density at radius 1 is 1.39 bits per heavy atom. The fraction of sp³-hybridized carbons (Fsp3) is 0.375. The van der Waals surface area contributed by atoms with Gasteiger partial charge < -0.3 is 15.5 Å². The third-order valence-electron chi connectivity index (χ3n) is 4.21. The quantitative estimate of drug-likeness (QED) is 0.648. The van der Waals surface area contributed by atoms with Gasteiger partial charge >= 0.3 is 0 Å². The molecule has 0 saturated carbocycles. The first-order valence-corrected chi connectivity index (χ1v) is 8.31. The minimum Gasteiger partial charge on any atom is -0.399 e. The van der Waals surface area contributed by atoms with Crippen molar-refractivity contribution in [2.75, 3.05) is 37.8 Å². The number of nitrogen functional groups attached to an aromatic ring is 1. The third-order valence-corrected chi connectivity index (χ3v) is 5.03. The number of amides is 2. The Bertz CT molecular complexity index is 687. The maximum atomic E-state index is 11.8. The SMILES string of the molecule is CN(C)C1CCN(c2ccc(N)cc2/C=C2\SC(=O)NC2=O)C1. The van der Waals surface area contributed by atoms with Gasteiger partial charge in [0.05, 0.1) is 4.91 Å². The summed E-state index contributed by atoms with van der Waals surface area (Å²) in [5, 5.41) is 1.95. The summed E-state index contributed by atoms with van der Waals surface area (Å²) in [6.45, 7) is 1.90. The topological polar surface area (TPSA) is 78.7 Å². The molecule has 1 atom stereocenters. The third kappa shape index (κ3) is 3.35. The van der Waals surface area contributed by atoms with Crippen LogP contribution in [0.15, 0.2) is 23.1 Å². The van der Waals surface area contributed by atoms with Crippen LogP contribution in [0.4, 0.5) is 16.2 Å². The second kappa shape index (κ2) is 6.25. The first-order chi connectivity index (χ1) is 10.9. The number of nitrogens with one attached hydrogen (secondary N) is 1. The molecule has 1 aromatic carbocycles. The number of anilines is 2. The van der Waals surface area contributed by atoms with Crippen LogP contribution in [0.5, 0.6) is 0 Å². The Hall–Kier alpha value is -1.99. The molecule has 0 aliphatic carbocycles. The zero-order valence-electron chi connectivity index (χ0n) is 13.2. The van der Waals surface area contributed by atoms with E-state index in [1.54, 1.807) is 6.08 Å². The van der Waals surface area contributed by atoms with E-state index in [4.69, 9.17) is 5.73 Å². The van der Waals surface area contributed by atoms with Gasteiger partial charge in [0, 0.05) is 36.1 Å². The van der Waals surface area contributed by atoms with Gasteiger partial charge in [0.1, 0.15) is 0 Å². The number of benzene rings is 1. The molecule has 2 saturated heterocycles. The molecule has 1 aromatic rings. The molecule has 2 fully saturated rings. The number of carbonyl (C=O) groups is 2. The van der Waals surface area contributed by atoms with E-state index in [0.717, 1.165) is 42.5 Å². The Labute approximate surface area is 139 Å². The number of thioether (sulfide) groups is 1. The molecule has 122 valence electrons. The maximum Gasteiger partial charge on any atom is 0.290 e. The van der Waals surface area contributed by atoms with Crippen LogP contribution in [0.25, 0.3) is 6.08 Å². The summed E-state index contributed by atoms with van der Waals surface area (Å²) in [5.41, 5.74) is 8.46. The second-order valence-electron chi connectivity index (χ2n) is 6.02. The zero-order chi connectivity index (χ0) is 16.6. The summed E-state index contributed by atoms with van der Waals surface area (Å²) in [6.07, 6.45) is 2.85. The molecule has 0 bridgehead atoms. The van der Waals surface area contributed by atoms with Crippen molar-refractivity contribution in [2.24, 2.45) is 0 Å². The van der Waals surface area contributed by atoms with Gasteiger partial charge in [0.25, 0.3) is 11.1 Å². The van der Waals surface area contributed by atoms with Crippen LogP contribution in [-0.4, -0.2) is 49.3 Å². The number of carbonyl (C=O) groups excluding carboxylic acids is 2. The van der Waals surface area contributed by atoms with E-state index in [9.17, 15) is 9.59 Å². The molecule has 23 heavy (non-hydrogen) atoms. The van der Waals surface area contributed by atoms with Crippen molar-refractivity contribution in [1.82, 2.24) is 10.2 Å². The lowest BCUT2D eigenvalue weighted by molar-refractivity contribution is -0.115. The number of likely N-dealkylation sites (N-methyl/N-ethyl adjacent to an activating group) is 1. The van der Waals surface area contributed by atoms with Gasteiger partial charge in [-0.15, -0.1) is 0 Å². The van der Waals surface area contributed by atoms with Gasteiger partial charge in [0.2, 0.25) is 0 Å². The molecule has 0 aromatic heterocycles. The lowest BCUT2D eigenvalue weighted by Crippen LogP contribution is -2.31. The van der Waals surface area contributed by atoms with Crippen molar-refractivity contribution in [2.45, 2.75) is 12.5 Å². The molecule has 6 nitrogen and oxygen atoms in total. The van der Waals surface area contributed by atoms with Crippen molar-refractivity contribution in [3.63, 3.8) is 0 Å². The molecule has 2 heterocycles. The molecule has 0 radical (unpaired) electrons. The van der Waals surface area contributed by atoms with Crippen LogP contribution < -0.4 is 16.0 Å². The number of nitrogens with zero attached hydrogens (tertiary/aromatic N) is 2. The average Bonchev–Trinajstić information content (AvgIpc) is 3.07. The van der Waals surface area contributed by atoms with Gasteiger partial charge in [-0.1, -0.05) is 0 Å². The van der Waals surface area contributed by atoms with Crippen LogP contribution in [-0.2, 0) is 4.79 Å². The fourth-order valence-electron chi connectivity index (χ4n) is 2.92. The van der Waals surface area contributed by atoms with Crippen LogP contribution in [0.1, 0.15) is 12.0 Å². The molecule has 3 N–H and O–H groups in total. The lowest BCUT2D eigenvalue weighted by atomic mass is 10.1. The van der Waals surface area contributed by atoms with Crippen molar-refractivity contribution in [3.8, 4) is 0 Å². The second-order valence-corrected chi connectivity index (χ2v) is 7.04. The molecule has 2 aliphatic rings. The van der Waals surface area contributed by atoms with Crippen molar-refractivity contribution < 1.29 is 9.59 Å². The summed E-state index contributed by atoms with van der Waals surface area (Å²) in [7, 11) is 4.18. The van der Waals surface area contributed by atoms with Crippen LogP contribution >= 0.6 is 11.8 Å². The first-order valence-electron chi connectivity index (χ1n) is 7.50. The number of imide groups is 1. The average molecular weight is 332 g/mol. The van der Waals surface area contributed by atoms with E-state index in [2.05, 4.69) is 29.2 Å². The van der Waals surface area contributed by atoms with Gasteiger partial charge in [-0.3, -0.25) is 14.9 Å². The normalized spacial score (nSPS) is 23.2. The fourth-order valence-corrected chi connectivity index (χ4v) is 3.59. The van der Waals surface area contributed by atoms with Crippen molar-refractivity contribution >= 4 is 40.4 Å². The van der Waals surface area contributed by atoms with E-state index < -0.39 is 0 Å². The number of nitrogens with two attached hydrogens (primary N) is 1. The Balaban J connectivity index is 1.92. The minimum absolute atomic E-state index is 0.333. The zero-order valence-corrected chi connectivity index (χ0v) is 14.0. The van der Waals surface area contributed by atoms with E-state index in [1.165, 1.54) is 0 Å². The van der Waals surface area contributed by atoms with Crippen molar-refractivity contribution in [1.29, 1.82) is 0 Å². The largest absolute Gasteiger partial charge is 0.399 e.